The van der Waals surface area contributed by atoms with Gasteiger partial charge in [-0.2, -0.15) is 0 Å². The highest BCUT2D eigenvalue weighted by Crippen LogP contribution is 2.35. The van der Waals surface area contributed by atoms with E-state index in [1.165, 1.54) is 36.8 Å². The Bertz CT molecular complexity index is 605. The molecule has 4 heteroatoms. The van der Waals surface area contributed by atoms with E-state index < -0.39 is 0 Å². The molecule has 0 amide bonds. The molecular formula is C19H28N4. The van der Waals surface area contributed by atoms with E-state index in [9.17, 15) is 0 Å². The van der Waals surface area contributed by atoms with Gasteiger partial charge in [0.2, 0.25) is 5.96 Å². The van der Waals surface area contributed by atoms with Crippen molar-refractivity contribution in [3.63, 3.8) is 0 Å². The van der Waals surface area contributed by atoms with E-state index in [4.69, 9.17) is 5.73 Å². The molecular weight excluding hydrogens is 284 g/mol. The highest BCUT2D eigenvalue weighted by atomic mass is 15.3. The molecule has 124 valence electrons. The zero-order valence-electron chi connectivity index (χ0n) is 14.3. The maximum absolute atomic E-state index is 5.94. The van der Waals surface area contributed by atoms with Crippen LogP contribution in [0.15, 0.2) is 34.3 Å². The molecule has 2 aliphatic rings. The van der Waals surface area contributed by atoms with E-state index in [1.54, 1.807) is 0 Å². The van der Waals surface area contributed by atoms with Crippen LogP contribution in [0.25, 0.3) is 0 Å². The van der Waals surface area contributed by atoms with Gasteiger partial charge >= 0.3 is 0 Å². The minimum Gasteiger partial charge on any atom is -0.368 e. The Morgan fingerprint density at radius 1 is 1.22 bits per heavy atom. The average Bonchev–Trinajstić information content (AvgIpc) is 2.79. The Kier molecular flexibility index (Phi) is 5.11. The Hall–Kier alpha value is -1.68. The third kappa shape index (κ3) is 3.63. The summed E-state index contributed by atoms with van der Waals surface area (Å²) in [7, 11) is 0. The maximum Gasteiger partial charge on any atom is 0.216 e. The molecule has 2 N–H and O–H groups in total. The van der Waals surface area contributed by atoms with Crippen molar-refractivity contribution in [2.24, 2.45) is 15.7 Å². The monoisotopic (exact) mass is 312 g/mol. The van der Waals surface area contributed by atoms with Gasteiger partial charge in [-0.05, 0) is 37.3 Å². The van der Waals surface area contributed by atoms with Crippen LogP contribution in [-0.2, 0) is 6.42 Å². The van der Waals surface area contributed by atoms with Gasteiger partial charge in [-0.15, -0.1) is 0 Å². The number of aliphatic imine (C=N–C) groups is 2. The van der Waals surface area contributed by atoms with E-state index in [-0.39, 0.29) is 6.17 Å². The van der Waals surface area contributed by atoms with Crippen LogP contribution in [0, 0.1) is 0 Å². The van der Waals surface area contributed by atoms with Gasteiger partial charge in [-0.1, -0.05) is 44.0 Å². The van der Waals surface area contributed by atoms with Crippen molar-refractivity contribution < 1.29 is 0 Å². The fraction of sp³-hybridized carbons (Fsp3) is 0.579. The van der Waals surface area contributed by atoms with E-state index in [1.807, 2.05) is 0 Å². The quantitative estimate of drug-likeness (QED) is 0.926. The molecule has 2 heterocycles. The lowest BCUT2D eigenvalue weighted by Gasteiger charge is -2.37. The van der Waals surface area contributed by atoms with Gasteiger partial charge in [0.15, 0.2) is 0 Å². The molecule has 4 nitrogen and oxygen atoms in total. The largest absolute Gasteiger partial charge is 0.368 e. The predicted molar refractivity (Wildman–Crippen MR) is 96.9 cm³/mol. The SMILES string of the molecule is CCc1ccccc1C1CCCCCN1C1CC(C)=NC(N)=N1. The van der Waals surface area contributed by atoms with Gasteiger partial charge in [0.05, 0.1) is 0 Å². The number of benzene rings is 1. The summed E-state index contributed by atoms with van der Waals surface area (Å²) >= 11 is 0. The summed E-state index contributed by atoms with van der Waals surface area (Å²) in [5.74, 6) is 0.436. The van der Waals surface area contributed by atoms with Crippen molar-refractivity contribution in [3.8, 4) is 0 Å². The molecule has 1 fully saturated rings. The second-order valence-corrected chi connectivity index (χ2v) is 6.67. The minimum atomic E-state index is 0.139. The third-order valence-corrected chi connectivity index (χ3v) is 5.04. The van der Waals surface area contributed by atoms with Crippen molar-refractivity contribution in [2.75, 3.05) is 6.54 Å². The standard InChI is InChI=1S/C19H28N4/c1-3-15-9-6-7-10-16(15)17-11-5-4-8-12-23(17)18-13-14(2)21-19(20)22-18/h6-7,9-10,17-18H,3-5,8,11-13H2,1-2H3,(H2,20,22). The molecule has 1 aromatic rings. The van der Waals surface area contributed by atoms with E-state index >= 15 is 0 Å². The number of hydrogen-bond donors (Lipinski definition) is 1. The Morgan fingerprint density at radius 3 is 2.83 bits per heavy atom. The first-order valence-electron chi connectivity index (χ1n) is 8.90. The van der Waals surface area contributed by atoms with Crippen molar-refractivity contribution in [1.29, 1.82) is 0 Å². The van der Waals surface area contributed by atoms with Crippen molar-refractivity contribution in [3.05, 3.63) is 35.4 Å². The number of guanidine groups is 1. The number of hydrogen-bond acceptors (Lipinski definition) is 4. The second kappa shape index (κ2) is 7.26. The molecule has 0 aromatic heterocycles. The third-order valence-electron chi connectivity index (χ3n) is 5.04. The zero-order valence-corrected chi connectivity index (χ0v) is 14.3. The number of rotatable bonds is 3. The molecule has 2 aliphatic heterocycles. The van der Waals surface area contributed by atoms with Gasteiger partial charge in [0.1, 0.15) is 6.17 Å². The average molecular weight is 312 g/mol. The van der Waals surface area contributed by atoms with Crippen molar-refractivity contribution in [1.82, 2.24) is 4.90 Å². The number of likely N-dealkylation sites (tertiary alicyclic amines) is 1. The topological polar surface area (TPSA) is 54.0 Å². The summed E-state index contributed by atoms with van der Waals surface area (Å²) < 4.78 is 0. The molecule has 23 heavy (non-hydrogen) atoms. The summed E-state index contributed by atoms with van der Waals surface area (Å²) in [5.41, 5.74) is 9.97. The fourth-order valence-corrected chi connectivity index (χ4v) is 3.93. The summed E-state index contributed by atoms with van der Waals surface area (Å²) in [4.78, 5) is 11.5. The lowest BCUT2D eigenvalue weighted by molar-refractivity contribution is 0.142. The highest BCUT2D eigenvalue weighted by Gasteiger charge is 2.31. The molecule has 0 bridgehead atoms. The minimum absolute atomic E-state index is 0.139. The molecule has 3 rings (SSSR count). The van der Waals surface area contributed by atoms with Crippen LogP contribution >= 0.6 is 0 Å². The molecule has 0 aliphatic carbocycles. The summed E-state index contributed by atoms with van der Waals surface area (Å²) in [5, 5.41) is 0. The van der Waals surface area contributed by atoms with Gasteiger partial charge in [-0.3, -0.25) is 4.90 Å². The van der Waals surface area contributed by atoms with E-state index in [2.05, 4.69) is 53.0 Å². The van der Waals surface area contributed by atoms with Crippen LogP contribution in [-0.4, -0.2) is 29.3 Å². The van der Waals surface area contributed by atoms with Crippen molar-refractivity contribution >= 4 is 11.7 Å². The lowest BCUT2D eigenvalue weighted by Crippen LogP contribution is -2.41. The van der Waals surface area contributed by atoms with E-state index in [0.717, 1.165) is 25.1 Å². The maximum atomic E-state index is 5.94. The summed E-state index contributed by atoms with van der Waals surface area (Å²) in [6.07, 6.45) is 7.16. The lowest BCUT2D eigenvalue weighted by atomic mass is 9.94. The number of nitrogens with two attached hydrogens (primary N) is 1. The Morgan fingerprint density at radius 2 is 2.04 bits per heavy atom. The highest BCUT2D eigenvalue weighted by molar-refractivity contribution is 5.97. The first-order valence-corrected chi connectivity index (χ1v) is 8.90. The zero-order chi connectivity index (χ0) is 16.2. The molecule has 0 radical (unpaired) electrons. The Balaban J connectivity index is 1.94. The molecule has 0 spiro atoms. The smallest absolute Gasteiger partial charge is 0.216 e. The molecule has 1 aromatic carbocycles. The normalized spacial score (nSPS) is 26.3. The van der Waals surface area contributed by atoms with Crippen LogP contribution in [0.3, 0.4) is 0 Å². The first kappa shape index (κ1) is 16.2. The van der Waals surface area contributed by atoms with Crippen LogP contribution in [0.4, 0.5) is 0 Å². The van der Waals surface area contributed by atoms with E-state index in [0.29, 0.717) is 12.0 Å². The van der Waals surface area contributed by atoms with Gasteiger partial charge in [-0.25, -0.2) is 9.98 Å². The number of aryl methyl sites for hydroxylation is 1. The second-order valence-electron chi connectivity index (χ2n) is 6.67. The van der Waals surface area contributed by atoms with Crippen LogP contribution in [0.2, 0.25) is 0 Å². The molecule has 0 saturated carbocycles. The predicted octanol–water partition coefficient (Wildman–Crippen LogP) is 3.67. The van der Waals surface area contributed by atoms with Crippen molar-refractivity contribution in [2.45, 2.75) is 64.6 Å². The summed E-state index contributed by atoms with van der Waals surface area (Å²) in [6.45, 7) is 5.40. The summed E-state index contributed by atoms with van der Waals surface area (Å²) in [6, 6.07) is 9.34. The number of nitrogens with zero attached hydrogens (tertiary/aromatic N) is 3. The Labute approximate surface area is 139 Å². The molecule has 2 atom stereocenters. The fourth-order valence-electron chi connectivity index (χ4n) is 3.93. The van der Waals surface area contributed by atoms with Gasteiger partial charge in [0.25, 0.3) is 0 Å². The van der Waals surface area contributed by atoms with Crippen LogP contribution in [0.5, 0.6) is 0 Å². The molecule has 1 saturated heterocycles. The van der Waals surface area contributed by atoms with Crippen LogP contribution < -0.4 is 5.73 Å². The van der Waals surface area contributed by atoms with Gasteiger partial charge < -0.3 is 5.73 Å². The van der Waals surface area contributed by atoms with Crippen LogP contribution in [0.1, 0.15) is 63.1 Å². The first-order chi connectivity index (χ1) is 11.2. The van der Waals surface area contributed by atoms with Gasteiger partial charge in [0, 0.05) is 24.7 Å². The molecule has 2 unspecified atom stereocenters.